The summed E-state index contributed by atoms with van der Waals surface area (Å²) in [4.78, 5) is 0. The Morgan fingerprint density at radius 2 is 1.65 bits per heavy atom. The third kappa shape index (κ3) is 3.44. The second kappa shape index (κ2) is 6.31. The second-order valence-electron chi connectivity index (χ2n) is 4.33. The van der Waals surface area contributed by atoms with Gasteiger partial charge in [-0.2, -0.15) is 0 Å². The molecule has 0 unspecified atom stereocenters. The minimum atomic E-state index is -0.00195. The number of benzene rings is 2. The molecule has 0 aromatic heterocycles. The summed E-state index contributed by atoms with van der Waals surface area (Å²) in [6.45, 7) is 2.20. The Labute approximate surface area is 137 Å². The zero-order chi connectivity index (χ0) is 14.9. The van der Waals surface area contributed by atoms with Gasteiger partial charge >= 0.3 is 0 Å². The molecule has 0 fully saturated rings. The molecular formula is C14H11Cl4NO. The van der Waals surface area contributed by atoms with Gasteiger partial charge in [-0.3, -0.25) is 0 Å². The van der Waals surface area contributed by atoms with E-state index in [4.69, 9.17) is 46.4 Å². The Bertz CT molecular complexity index is 658. The first kappa shape index (κ1) is 15.6. The molecule has 0 saturated carbocycles. The molecule has 2 N–H and O–H groups in total. The number of halogens is 4. The molecule has 0 amide bonds. The highest BCUT2D eigenvalue weighted by Crippen LogP contribution is 2.33. The maximum absolute atomic E-state index is 9.88. The molecule has 0 atom stereocenters. The van der Waals surface area contributed by atoms with Crippen molar-refractivity contribution in [2.75, 3.05) is 5.32 Å². The maximum Gasteiger partial charge on any atom is 0.139 e. The molecule has 0 saturated heterocycles. The predicted molar refractivity (Wildman–Crippen MR) is 86.7 cm³/mol. The first-order valence-corrected chi connectivity index (χ1v) is 7.26. The molecule has 0 bridgehead atoms. The molecule has 106 valence electrons. The van der Waals surface area contributed by atoms with Crippen LogP contribution in [-0.4, -0.2) is 5.11 Å². The number of rotatable bonds is 3. The van der Waals surface area contributed by atoms with Crippen LogP contribution in [0, 0.1) is 6.92 Å². The Morgan fingerprint density at radius 3 is 2.35 bits per heavy atom. The highest BCUT2D eigenvalue weighted by atomic mass is 35.5. The molecule has 0 radical (unpaired) electrons. The summed E-state index contributed by atoms with van der Waals surface area (Å²) in [6.07, 6.45) is 0. The topological polar surface area (TPSA) is 32.3 Å². The molecule has 0 aliphatic heterocycles. The minimum Gasteiger partial charge on any atom is -0.506 e. The van der Waals surface area contributed by atoms with Crippen LogP contribution in [0.15, 0.2) is 24.3 Å². The largest absolute Gasteiger partial charge is 0.506 e. The van der Waals surface area contributed by atoms with Crippen molar-refractivity contribution in [2.24, 2.45) is 0 Å². The van der Waals surface area contributed by atoms with Crippen molar-refractivity contribution in [2.45, 2.75) is 13.5 Å². The van der Waals surface area contributed by atoms with Crippen molar-refractivity contribution in [1.82, 2.24) is 0 Å². The van der Waals surface area contributed by atoms with Gasteiger partial charge in [-0.25, -0.2) is 0 Å². The number of hydrogen-bond acceptors (Lipinski definition) is 2. The molecule has 6 heteroatoms. The smallest absolute Gasteiger partial charge is 0.139 e. The number of anilines is 1. The van der Waals surface area contributed by atoms with Crippen molar-refractivity contribution in [1.29, 1.82) is 0 Å². The van der Waals surface area contributed by atoms with E-state index >= 15 is 0 Å². The highest BCUT2D eigenvalue weighted by molar-refractivity contribution is 6.36. The van der Waals surface area contributed by atoms with Gasteiger partial charge in [0.1, 0.15) is 5.75 Å². The van der Waals surface area contributed by atoms with Crippen LogP contribution in [0.25, 0.3) is 0 Å². The highest BCUT2D eigenvalue weighted by Gasteiger charge is 2.09. The van der Waals surface area contributed by atoms with E-state index in [0.29, 0.717) is 32.9 Å². The predicted octanol–water partition coefficient (Wildman–Crippen LogP) is 5.93. The molecule has 0 aliphatic rings. The van der Waals surface area contributed by atoms with Gasteiger partial charge in [0.05, 0.1) is 15.7 Å². The van der Waals surface area contributed by atoms with E-state index in [1.807, 2.05) is 6.92 Å². The van der Waals surface area contributed by atoms with Crippen molar-refractivity contribution in [3.8, 4) is 5.75 Å². The van der Waals surface area contributed by atoms with E-state index in [0.717, 1.165) is 5.56 Å². The summed E-state index contributed by atoms with van der Waals surface area (Å²) in [5.41, 5.74) is 2.16. The van der Waals surface area contributed by atoms with Crippen LogP contribution < -0.4 is 5.32 Å². The van der Waals surface area contributed by atoms with Crippen LogP contribution in [-0.2, 0) is 6.54 Å². The van der Waals surface area contributed by atoms with Gasteiger partial charge in [0, 0.05) is 22.2 Å². The molecule has 0 heterocycles. The average molecular weight is 351 g/mol. The molecule has 20 heavy (non-hydrogen) atoms. The lowest BCUT2D eigenvalue weighted by atomic mass is 10.2. The van der Waals surface area contributed by atoms with E-state index in [2.05, 4.69) is 5.32 Å². The molecule has 0 aliphatic carbocycles. The molecule has 2 rings (SSSR count). The Morgan fingerprint density at radius 1 is 0.950 bits per heavy atom. The molecular weight excluding hydrogens is 340 g/mol. The van der Waals surface area contributed by atoms with Crippen molar-refractivity contribution in [3.05, 3.63) is 55.5 Å². The summed E-state index contributed by atoms with van der Waals surface area (Å²) in [5.74, 6) is -0.00195. The van der Waals surface area contributed by atoms with Gasteiger partial charge in [-0.05, 0) is 36.8 Å². The van der Waals surface area contributed by atoms with Gasteiger partial charge in [0.15, 0.2) is 0 Å². The zero-order valence-electron chi connectivity index (χ0n) is 10.5. The summed E-state index contributed by atoms with van der Waals surface area (Å²) in [6, 6.07) is 6.64. The van der Waals surface area contributed by atoms with E-state index in [9.17, 15) is 5.11 Å². The van der Waals surface area contributed by atoms with Crippen LogP contribution in [0.1, 0.15) is 11.1 Å². The molecule has 2 nitrogen and oxygen atoms in total. The summed E-state index contributed by atoms with van der Waals surface area (Å²) in [7, 11) is 0. The minimum absolute atomic E-state index is 0.00195. The average Bonchev–Trinajstić information content (AvgIpc) is 2.37. The quantitative estimate of drug-likeness (QED) is 0.719. The van der Waals surface area contributed by atoms with Crippen LogP contribution in [0.3, 0.4) is 0 Å². The van der Waals surface area contributed by atoms with Crippen molar-refractivity contribution < 1.29 is 5.11 Å². The number of phenolic OH excluding ortho intramolecular Hbond substituents is 1. The number of phenols is 1. The zero-order valence-corrected chi connectivity index (χ0v) is 13.5. The number of aromatic hydroxyl groups is 1. The summed E-state index contributed by atoms with van der Waals surface area (Å²) in [5, 5.41) is 14.8. The molecule has 2 aromatic carbocycles. The SMILES string of the molecule is Cc1cc(Cl)c(NCc2cc(Cl)cc(Cl)c2O)cc1Cl. The van der Waals surface area contributed by atoms with Crippen molar-refractivity contribution >= 4 is 52.1 Å². The summed E-state index contributed by atoms with van der Waals surface area (Å²) >= 11 is 24.0. The number of aryl methyl sites for hydroxylation is 1. The number of nitrogens with one attached hydrogen (secondary N) is 1. The Balaban J connectivity index is 2.23. The first-order valence-electron chi connectivity index (χ1n) is 5.75. The Kier molecular flexibility index (Phi) is 4.92. The van der Waals surface area contributed by atoms with Gasteiger partial charge in [0.25, 0.3) is 0 Å². The van der Waals surface area contributed by atoms with Gasteiger partial charge in [0.2, 0.25) is 0 Å². The third-order valence-electron chi connectivity index (χ3n) is 2.82. The fourth-order valence-electron chi connectivity index (χ4n) is 1.73. The van der Waals surface area contributed by atoms with E-state index < -0.39 is 0 Å². The lowest BCUT2D eigenvalue weighted by Gasteiger charge is -2.12. The lowest BCUT2D eigenvalue weighted by molar-refractivity contribution is 0.469. The van der Waals surface area contributed by atoms with Crippen LogP contribution >= 0.6 is 46.4 Å². The second-order valence-corrected chi connectivity index (χ2v) is 5.99. The van der Waals surface area contributed by atoms with Gasteiger partial charge in [-0.1, -0.05) is 46.4 Å². The third-order valence-corrected chi connectivity index (χ3v) is 4.05. The first-order chi connectivity index (χ1) is 9.38. The van der Waals surface area contributed by atoms with Gasteiger partial charge < -0.3 is 10.4 Å². The van der Waals surface area contributed by atoms with E-state index in [-0.39, 0.29) is 10.8 Å². The Hall–Kier alpha value is -0.800. The maximum atomic E-state index is 9.88. The summed E-state index contributed by atoms with van der Waals surface area (Å²) < 4.78 is 0. The molecule has 2 aromatic rings. The van der Waals surface area contributed by atoms with Crippen LogP contribution in [0.2, 0.25) is 20.1 Å². The van der Waals surface area contributed by atoms with E-state index in [1.54, 1.807) is 18.2 Å². The van der Waals surface area contributed by atoms with E-state index in [1.165, 1.54) is 6.07 Å². The molecule has 0 spiro atoms. The lowest BCUT2D eigenvalue weighted by Crippen LogP contribution is -2.01. The normalized spacial score (nSPS) is 10.7. The monoisotopic (exact) mass is 349 g/mol. The standard InChI is InChI=1S/C14H11Cl4NO/c1-7-2-11(17)13(5-10(7)16)19-6-8-3-9(15)4-12(18)14(8)20/h2-5,19-20H,6H2,1H3. The fraction of sp³-hybridized carbons (Fsp3) is 0.143. The number of hydrogen-bond donors (Lipinski definition) is 2. The van der Waals surface area contributed by atoms with Crippen LogP contribution in [0.5, 0.6) is 5.75 Å². The van der Waals surface area contributed by atoms with Gasteiger partial charge in [-0.15, -0.1) is 0 Å². The van der Waals surface area contributed by atoms with Crippen LogP contribution in [0.4, 0.5) is 5.69 Å². The van der Waals surface area contributed by atoms with Crippen molar-refractivity contribution in [3.63, 3.8) is 0 Å². The fourth-order valence-corrected chi connectivity index (χ4v) is 2.71.